The molecule has 9 heteroatoms. The maximum atomic E-state index is 13.1. The van der Waals surface area contributed by atoms with E-state index in [0.717, 1.165) is 12.1 Å². The smallest absolute Gasteiger partial charge is 0.258 e. The van der Waals surface area contributed by atoms with Crippen LogP contribution in [0.1, 0.15) is 23.2 Å². The zero-order chi connectivity index (χ0) is 21.1. The lowest BCUT2D eigenvalue weighted by Crippen LogP contribution is -2.43. The Balaban J connectivity index is 1.48. The molecule has 1 fully saturated rings. The number of rotatable bonds is 5. The van der Waals surface area contributed by atoms with Crippen molar-refractivity contribution in [3.8, 4) is 11.4 Å². The molecule has 0 saturated carbocycles. The number of methoxy groups -OCH3 is 1. The van der Waals surface area contributed by atoms with Gasteiger partial charge in [-0.05, 0) is 55.3 Å². The molecule has 2 heterocycles. The van der Waals surface area contributed by atoms with E-state index in [9.17, 15) is 9.59 Å². The average molecular weight is 426 g/mol. The third kappa shape index (κ3) is 3.99. The quantitative estimate of drug-likeness (QED) is 0.678. The number of ether oxygens (including phenoxy) is 1. The molecular formula is C21H20ClN5O3. The molecule has 1 saturated heterocycles. The fourth-order valence-electron chi connectivity index (χ4n) is 3.55. The summed E-state index contributed by atoms with van der Waals surface area (Å²) in [6.45, 7) is 0.498. The number of carbonyl (C=O) groups excluding carboxylic acids is 2. The first-order chi connectivity index (χ1) is 14.6. The van der Waals surface area contributed by atoms with E-state index in [1.165, 1.54) is 13.4 Å². The number of anilines is 1. The molecule has 0 aliphatic carbocycles. The van der Waals surface area contributed by atoms with Crippen LogP contribution in [-0.2, 0) is 4.79 Å². The molecule has 4 rings (SSSR count). The molecule has 1 aliphatic heterocycles. The molecule has 1 unspecified atom stereocenters. The highest BCUT2D eigenvalue weighted by Crippen LogP contribution is 2.28. The van der Waals surface area contributed by atoms with Gasteiger partial charge in [-0.3, -0.25) is 9.59 Å². The van der Waals surface area contributed by atoms with E-state index in [0.29, 0.717) is 35.0 Å². The maximum Gasteiger partial charge on any atom is 0.258 e. The number of nitrogens with one attached hydrogen (secondary N) is 1. The van der Waals surface area contributed by atoms with Crippen molar-refractivity contribution in [2.45, 2.75) is 18.9 Å². The summed E-state index contributed by atoms with van der Waals surface area (Å²) in [7, 11) is 1.50. The van der Waals surface area contributed by atoms with Crippen LogP contribution in [0.5, 0.6) is 5.75 Å². The predicted octanol–water partition coefficient (Wildman–Crippen LogP) is 3.17. The lowest BCUT2D eigenvalue weighted by atomic mass is 10.1. The van der Waals surface area contributed by atoms with Gasteiger partial charge in [0, 0.05) is 17.3 Å². The maximum absolute atomic E-state index is 13.1. The molecule has 0 spiro atoms. The Bertz CT molecular complexity index is 1050. The first-order valence-electron chi connectivity index (χ1n) is 9.47. The number of hydrogen-bond donors (Lipinski definition) is 1. The third-order valence-electron chi connectivity index (χ3n) is 5.03. The Morgan fingerprint density at radius 2 is 2.00 bits per heavy atom. The molecule has 1 aliphatic rings. The third-order valence-corrected chi connectivity index (χ3v) is 5.26. The lowest BCUT2D eigenvalue weighted by Gasteiger charge is -2.25. The highest BCUT2D eigenvalue weighted by molar-refractivity contribution is 6.31. The molecular weight excluding hydrogens is 406 g/mol. The second-order valence-corrected chi connectivity index (χ2v) is 7.31. The van der Waals surface area contributed by atoms with Crippen molar-refractivity contribution in [2.75, 3.05) is 19.0 Å². The van der Waals surface area contributed by atoms with E-state index in [1.54, 1.807) is 46.2 Å². The van der Waals surface area contributed by atoms with Crippen LogP contribution in [0.25, 0.3) is 5.69 Å². The summed E-state index contributed by atoms with van der Waals surface area (Å²) >= 11 is 6.06. The second kappa shape index (κ2) is 8.54. The second-order valence-electron chi connectivity index (χ2n) is 6.88. The van der Waals surface area contributed by atoms with Crippen LogP contribution in [-0.4, -0.2) is 51.2 Å². The summed E-state index contributed by atoms with van der Waals surface area (Å²) in [5, 5.41) is 7.41. The van der Waals surface area contributed by atoms with Crippen molar-refractivity contribution in [3.63, 3.8) is 0 Å². The zero-order valence-electron chi connectivity index (χ0n) is 16.3. The Morgan fingerprint density at radius 3 is 2.70 bits per heavy atom. The first-order valence-corrected chi connectivity index (χ1v) is 9.85. The average Bonchev–Trinajstić information content (AvgIpc) is 3.46. The van der Waals surface area contributed by atoms with Gasteiger partial charge in [-0.25, -0.2) is 9.67 Å². The minimum atomic E-state index is -0.559. The van der Waals surface area contributed by atoms with E-state index in [1.807, 2.05) is 12.1 Å². The van der Waals surface area contributed by atoms with Crippen LogP contribution in [0.3, 0.4) is 0 Å². The molecule has 0 bridgehead atoms. The molecule has 1 N–H and O–H groups in total. The summed E-state index contributed by atoms with van der Waals surface area (Å²) in [6, 6.07) is 11.6. The van der Waals surface area contributed by atoms with Crippen LogP contribution >= 0.6 is 11.6 Å². The van der Waals surface area contributed by atoms with Gasteiger partial charge in [-0.2, -0.15) is 5.10 Å². The van der Waals surface area contributed by atoms with Gasteiger partial charge >= 0.3 is 0 Å². The van der Waals surface area contributed by atoms with Crippen LogP contribution in [0.15, 0.2) is 55.1 Å². The molecule has 2 amide bonds. The van der Waals surface area contributed by atoms with Gasteiger partial charge < -0.3 is 15.0 Å². The first kappa shape index (κ1) is 19.9. The van der Waals surface area contributed by atoms with Crippen LogP contribution in [0.4, 0.5) is 5.69 Å². The summed E-state index contributed by atoms with van der Waals surface area (Å²) in [4.78, 5) is 31.5. The Hall–Kier alpha value is -3.39. The molecule has 1 atom stereocenters. The van der Waals surface area contributed by atoms with Gasteiger partial charge in [0.15, 0.2) is 0 Å². The lowest BCUT2D eigenvalue weighted by molar-refractivity contribution is -0.119. The van der Waals surface area contributed by atoms with Crippen molar-refractivity contribution in [2.24, 2.45) is 0 Å². The van der Waals surface area contributed by atoms with E-state index in [-0.39, 0.29) is 11.8 Å². The molecule has 154 valence electrons. The Labute approximate surface area is 178 Å². The minimum Gasteiger partial charge on any atom is -0.496 e. The topological polar surface area (TPSA) is 89.4 Å². The van der Waals surface area contributed by atoms with Crippen LogP contribution in [0, 0.1) is 0 Å². The Kier molecular flexibility index (Phi) is 5.67. The van der Waals surface area contributed by atoms with Crippen molar-refractivity contribution >= 4 is 29.1 Å². The zero-order valence-corrected chi connectivity index (χ0v) is 17.0. The fourth-order valence-corrected chi connectivity index (χ4v) is 3.72. The van der Waals surface area contributed by atoms with Gasteiger partial charge in [0.1, 0.15) is 24.4 Å². The van der Waals surface area contributed by atoms with Crippen LogP contribution in [0.2, 0.25) is 5.02 Å². The number of halogens is 1. The van der Waals surface area contributed by atoms with E-state index in [2.05, 4.69) is 15.4 Å². The van der Waals surface area contributed by atoms with E-state index >= 15 is 0 Å². The van der Waals surface area contributed by atoms with Crippen molar-refractivity contribution in [1.29, 1.82) is 0 Å². The SMILES string of the molecule is COc1ccc(Cl)cc1C(=O)N1CCCC1C(=O)Nc1ccc(-n2cncn2)cc1. The fraction of sp³-hybridized carbons (Fsp3) is 0.238. The monoisotopic (exact) mass is 425 g/mol. The van der Waals surface area contributed by atoms with Gasteiger partial charge in [-0.1, -0.05) is 11.6 Å². The highest BCUT2D eigenvalue weighted by atomic mass is 35.5. The standard InChI is InChI=1S/C21H20ClN5O3/c1-30-19-9-4-14(22)11-17(19)21(29)26-10-2-3-18(26)20(28)25-15-5-7-16(8-6-15)27-13-23-12-24-27/h4-9,11-13,18H,2-3,10H2,1H3,(H,25,28). The molecule has 8 nitrogen and oxygen atoms in total. The molecule has 30 heavy (non-hydrogen) atoms. The largest absolute Gasteiger partial charge is 0.496 e. The number of likely N-dealkylation sites (tertiary alicyclic amines) is 1. The number of aromatic nitrogens is 3. The minimum absolute atomic E-state index is 0.227. The van der Waals surface area contributed by atoms with Gasteiger partial charge in [0.05, 0.1) is 18.4 Å². The predicted molar refractivity (Wildman–Crippen MR) is 112 cm³/mol. The molecule has 1 aromatic heterocycles. The number of nitrogens with zero attached hydrogens (tertiary/aromatic N) is 4. The van der Waals surface area contributed by atoms with E-state index in [4.69, 9.17) is 16.3 Å². The summed E-state index contributed by atoms with van der Waals surface area (Å²) in [5.74, 6) is -0.0666. The molecule has 2 aromatic carbocycles. The summed E-state index contributed by atoms with van der Waals surface area (Å²) in [5.41, 5.74) is 1.82. The van der Waals surface area contributed by atoms with Crippen molar-refractivity contribution in [1.82, 2.24) is 19.7 Å². The number of benzene rings is 2. The van der Waals surface area contributed by atoms with Gasteiger partial charge in [0.2, 0.25) is 5.91 Å². The molecule has 0 radical (unpaired) electrons. The van der Waals surface area contributed by atoms with Crippen molar-refractivity contribution in [3.05, 3.63) is 65.7 Å². The van der Waals surface area contributed by atoms with Crippen molar-refractivity contribution < 1.29 is 14.3 Å². The van der Waals surface area contributed by atoms with E-state index < -0.39 is 6.04 Å². The number of carbonyl (C=O) groups is 2. The number of amides is 2. The van der Waals surface area contributed by atoms with Gasteiger partial charge in [-0.15, -0.1) is 0 Å². The van der Waals surface area contributed by atoms with Crippen LogP contribution < -0.4 is 10.1 Å². The summed E-state index contributed by atoms with van der Waals surface area (Å²) < 4.78 is 6.92. The highest BCUT2D eigenvalue weighted by Gasteiger charge is 2.35. The Morgan fingerprint density at radius 1 is 1.20 bits per heavy atom. The van der Waals surface area contributed by atoms with Gasteiger partial charge in [0.25, 0.3) is 5.91 Å². The normalized spacial score (nSPS) is 15.8. The summed E-state index contributed by atoms with van der Waals surface area (Å²) in [6.07, 6.45) is 4.39. The molecule has 3 aromatic rings. The number of hydrogen-bond acceptors (Lipinski definition) is 5.